The first-order chi connectivity index (χ1) is 9.28. The predicted octanol–water partition coefficient (Wildman–Crippen LogP) is 2.06. The number of hydrogen-bond donors (Lipinski definition) is 1. The second-order valence-electron chi connectivity index (χ2n) is 4.94. The lowest BCUT2D eigenvalue weighted by Gasteiger charge is -2.31. The van der Waals surface area contributed by atoms with Crippen molar-refractivity contribution in [2.75, 3.05) is 26.2 Å². The third-order valence-electron chi connectivity index (χ3n) is 3.40. The third kappa shape index (κ3) is 5.07. The van der Waals surface area contributed by atoms with Gasteiger partial charge < -0.3 is 10.5 Å². The molecule has 1 fully saturated rings. The van der Waals surface area contributed by atoms with E-state index in [1.807, 2.05) is 18.2 Å². The van der Waals surface area contributed by atoms with Crippen LogP contribution in [0.15, 0.2) is 18.2 Å². The van der Waals surface area contributed by atoms with E-state index in [9.17, 15) is 0 Å². The molecule has 5 heteroatoms. The lowest BCUT2D eigenvalue weighted by Crippen LogP contribution is -2.37. The van der Waals surface area contributed by atoms with Crippen molar-refractivity contribution in [1.82, 2.24) is 9.88 Å². The summed E-state index contributed by atoms with van der Waals surface area (Å²) < 4.78 is 5.80. The molecule has 0 bridgehead atoms. The fraction of sp³-hybridized carbons (Fsp3) is 0.643. The number of nitrogens with zero attached hydrogens (tertiary/aromatic N) is 2. The molecular weight excluding hydrogens is 262 g/mol. The van der Waals surface area contributed by atoms with Gasteiger partial charge in [-0.05, 0) is 37.9 Å². The topological polar surface area (TPSA) is 51.4 Å². The minimum Gasteiger partial charge on any atom is -0.378 e. The quantitative estimate of drug-likeness (QED) is 0.641. The fourth-order valence-corrected chi connectivity index (χ4v) is 2.52. The molecule has 0 radical (unpaired) electrons. The normalized spacial score (nSPS) is 17.8. The van der Waals surface area contributed by atoms with Gasteiger partial charge in [0.1, 0.15) is 5.15 Å². The molecule has 0 saturated carbocycles. The summed E-state index contributed by atoms with van der Waals surface area (Å²) in [6.07, 6.45) is 3.53. The highest BCUT2D eigenvalue weighted by atomic mass is 35.5. The van der Waals surface area contributed by atoms with E-state index in [1.54, 1.807) is 0 Å². The first-order valence-electron chi connectivity index (χ1n) is 6.93. The lowest BCUT2D eigenvalue weighted by molar-refractivity contribution is 0.00541. The Morgan fingerprint density at radius 2 is 2.16 bits per heavy atom. The van der Waals surface area contributed by atoms with Gasteiger partial charge in [-0.2, -0.15) is 0 Å². The molecule has 4 nitrogen and oxygen atoms in total. The predicted molar refractivity (Wildman–Crippen MR) is 77.2 cm³/mol. The molecule has 0 aliphatic carbocycles. The maximum Gasteiger partial charge on any atom is 0.129 e. The minimum atomic E-state index is 0.398. The first-order valence-corrected chi connectivity index (χ1v) is 7.31. The molecule has 0 unspecified atom stereocenters. The molecule has 0 amide bonds. The van der Waals surface area contributed by atoms with Gasteiger partial charge in [0.2, 0.25) is 0 Å². The summed E-state index contributed by atoms with van der Waals surface area (Å²) in [5.41, 5.74) is 6.50. The minimum absolute atomic E-state index is 0.398. The van der Waals surface area contributed by atoms with Gasteiger partial charge in [-0.25, -0.2) is 4.98 Å². The summed E-state index contributed by atoms with van der Waals surface area (Å²) in [7, 11) is 0. The average molecular weight is 284 g/mol. The van der Waals surface area contributed by atoms with Crippen molar-refractivity contribution in [3.8, 4) is 0 Å². The van der Waals surface area contributed by atoms with Crippen molar-refractivity contribution in [2.24, 2.45) is 5.73 Å². The zero-order chi connectivity index (χ0) is 13.5. The fourth-order valence-electron chi connectivity index (χ4n) is 2.33. The molecule has 2 rings (SSSR count). The molecule has 0 aromatic carbocycles. The molecule has 0 atom stereocenters. The zero-order valence-corrected chi connectivity index (χ0v) is 12.0. The van der Waals surface area contributed by atoms with Crippen molar-refractivity contribution in [3.63, 3.8) is 0 Å². The number of aromatic nitrogens is 1. The van der Waals surface area contributed by atoms with E-state index in [2.05, 4.69) is 9.88 Å². The van der Waals surface area contributed by atoms with Gasteiger partial charge >= 0.3 is 0 Å². The van der Waals surface area contributed by atoms with Crippen molar-refractivity contribution >= 4 is 11.6 Å². The molecule has 1 saturated heterocycles. The molecule has 1 aromatic rings. The molecule has 106 valence electrons. The number of halogens is 1. The summed E-state index contributed by atoms with van der Waals surface area (Å²) in [6, 6.07) is 5.78. The molecule has 1 aliphatic rings. The SMILES string of the molecule is NCCCOC1CCN(Cc2cccc(Cl)n2)CC1. The average Bonchev–Trinajstić information content (AvgIpc) is 2.41. The molecule has 2 N–H and O–H groups in total. The summed E-state index contributed by atoms with van der Waals surface area (Å²) in [5.74, 6) is 0. The number of ether oxygens (including phenoxy) is 1. The van der Waals surface area contributed by atoms with Gasteiger partial charge in [0.25, 0.3) is 0 Å². The Morgan fingerprint density at radius 3 is 2.84 bits per heavy atom. The number of pyridine rings is 1. The number of hydrogen-bond acceptors (Lipinski definition) is 4. The Hall–Kier alpha value is -0.680. The van der Waals surface area contributed by atoms with E-state index in [1.165, 1.54) is 0 Å². The van der Waals surface area contributed by atoms with Gasteiger partial charge in [-0.15, -0.1) is 0 Å². The largest absolute Gasteiger partial charge is 0.378 e. The number of likely N-dealkylation sites (tertiary alicyclic amines) is 1. The van der Waals surface area contributed by atoms with Crippen LogP contribution in [0.1, 0.15) is 25.0 Å². The number of piperidine rings is 1. The lowest BCUT2D eigenvalue weighted by atomic mass is 10.1. The Morgan fingerprint density at radius 1 is 1.37 bits per heavy atom. The first kappa shape index (κ1) is 14.7. The highest BCUT2D eigenvalue weighted by Crippen LogP contribution is 2.16. The molecule has 1 aliphatic heterocycles. The molecule has 19 heavy (non-hydrogen) atoms. The van der Waals surface area contributed by atoms with Crippen molar-refractivity contribution in [3.05, 3.63) is 29.0 Å². The Kier molecular flexibility index (Phi) is 6.04. The highest BCUT2D eigenvalue weighted by molar-refractivity contribution is 6.29. The van der Waals surface area contributed by atoms with Crippen LogP contribution in [-0.4, -0.2) is 42.2 Å². The zero-order valence-electron chi connectivity index (χ0n) is 11.2. The van der Waals surface area contributed by atoms with Gasteiger partial charge in [-0.3, -0.25) is 4.90 Å². The summed E-state index contributed by atoms with van der Waals surface area (Å²) in [6.45, 7) is 4.48. The Balaban J connectivity index is 1.71. The third-order valence-corrected chi connectivity index (χ3v) is 3.61. The molecule has 1 aromatic heterocycles. The Bertz CT molecular complexity index is 381. The van der Waals surface area contributed by atoms with Crippen LogP contribution in [0.25, 0.3) is 0 Å². The smallest absolute Gasteiger partial charge is 0.129 e. The molecule has 2 heterocycles. The van der Waals surface area contributed by atoms with Crippen LogP contribution in [0.5, 0.6) is 0 Å². The van der Waals surface area contributed by atoms with Crippen molar-refractivity contribution in [2.45, 2.75) is 31.9 Å². The van der Waals surface area contributed by atoms with Crippen molar-refractivity contribution in [1.29, 1.82) is 0 Å². The molecule has 0 spiro atoms. The van der Waals surface area contributed by atoms with Crippen LogP contribution in [0, 0.1) is 0 Å². The van der Waals surface area contributed by atoms with Crippen LogP contribution in [0.4, 0.5) is 0 Å². The standard InChI is InChI=1S/C14H22ClN3O/c15-14-4-1-3-12(17-14)11-18-8-5-13(6-9-18)19-10-2-7-16/h1,3-4,13H,2,5-11,16H2. The maximum absolute atomic E-state index is 5.90. The summed E-state index contributed by atoms with van der Waals surface area (Å²) >= 11 is 5.90. The van der Waals surface area contributed by atoms with Gasteiger partial charge in [0.15, 0.2) is 0 Å². The van der Waals surface area contributed by atoms with Gasteiger partial charge in [-0.1, -0.05) is 17.7 Å². The number of rotatable bonds is 6. The van der Waals surface area contributed by atoms with E-state index in [0.717, 1.165) is 51.2 Å². The Labute approximate surface area is 119 Å². The van der Waals surface area contributed by atoms with Gasteiger partial charge in [0.05, 0.1) is 11.8 Å². The summed E-state index contributed by atoms with van der Waals surface area (Å²) in [4.78, 5) is 6.73. The summed E-state index contributed by atoms with van der Waals surface area (Å²) in [5, 5.41) is 0.567. The van der Waals surface area contributed by atoms with E-state index < -0.39 is 0 Å². The highest BCUT2D eigenvalue weighted by Gasteiger charge is 2.19. The van der Waals surface area contributed by atoms with Crippen LogP contribution < -0.4 is 5.73 Å². The monoisotopic (exact) mass is 283 g/mol. The van der Waals surface area contributed by atoms with E-state index in [-0.39, 0.29) is 0 Å². The van der Waals surface area contributed by atoms with Crippen LogP contribution in [-0.2, 0) is 11.3 Å². The second kappa shape index (κ2) is 7.80. The maximum atomic E-state index is 5.90. The van der Waals surface area contributed by atoms with E-state index in [0.29, 0.717) is 17.8 Å². The van der Waals surface area contributed by atoms with Gasteiger partial charge in [0, 0.05) is 26.2 Å². The van der Waals surface area contributed by atoms with Crippen LogP contribution in [0.3, 0.4) is 0 Å². The molecular formula is C14H22ClN3O. The van der Waals surface area contributed by atoms with E-state index >= 15 is 0 Å². The van der Waals surface area contributed by atoms with Crippen LogP contribution in [0.2, 0.25) is 5.15 Å². The van der Waals surface area contributed by atoms with Crippen molar-refractivity contribution < 1.29 is 4.74 Å². The second-order valence-corrected chi connectivity index (χ2v) is 5.33. The van der Waals surface area contributed by atoms with Crippen LogP contribution >= 0.6 is 11.6 Å². The van der Waals surface area contributed by atoms with E-state index in [4.69, 9.17) is 22.1 Å². The number of nitrogens with two attached hydrogens (primary N) is 1.